The molecule has 0 atom stereocenters. The van der Waals surface area contributed by atoms with Crippen LogP contribution in [0.3, 0.4) is 0 Å². The van der Waals surface area contributed by atoms with Gasteiger partial charge in [-0.2, -0.15) is 0 Å². The largest absolute Gasteiger partial charge is 0.481 e. The molecule has 27 heavy (non-hydrogen) atoms. The fourth-order valence-electron chi connectivity index (χ4n) is 3.21. The van der Waals surface area contributed by atoms with E-state index >= 15 is 0 Å². The van der Waals surface area contributed by atoms with Gasteiger partial charge in [-0.1, -0.05) is 96.3 Å². The molecule has 0 spiro atoms. The molecule has 6 nitrogen and oxygen atoms in total. The number of carboxylic acids is 1. The Kier molecular flexibility index (Phi) is 18.6. The molecule has 0 bridgehead atoms. The molecule has 0 rings (SSSR count). The van der Waals surface area contributed by atoms with E-state index in [2.05, 4.69) is 4.52 Å². The lowest BCUT2D eigenvalue weighted by Crippen LogP contribution is -1.93. The van der Waals surface area contributed by atoms with Crippen LogP contribution in [-0.2, 0) is 13.9 Å². The van der Waals surface area contributed by atoms with Crippen LogP contribution >= 0.6 is 7.82 Å². The highest BCUT2D eigenvalue weighted by Crippen LogP contribution is 2.35. The van der Waals surface area contributed by atoms with Crippen LogP contribution in [-0.4, -0.2) is 27.5 Å². The van der Waals surface area contributed by atoms with E-state index < -0.39 is 13.8 Å². The summed E-state index contributed by atoms with van der Waals surface area (Å²) in [7, 11) is -4.28. The van der Waals surface area contributed by atoms with Crippen LogP contribution in [0.5, 0.6) is 0 Å². The minimum absolute atomic E-state index is 0.148. The third kappa shape index (κ3) is 25.6. The van der Waals surface area contributed by atoms with Gasteiger partial charge < -0.3 is 14.9 Å². The van der Waals surface area contributed by atoms with Gasteiger partial charge in [0.2, 0.25) is 0 Å². The fraction of sp³-hybridized carbons (Fsp3) is 0.950. The molecule has 0 aromatic carbocycles. The summed E-state index contributed by atoms with van der Waals surface area (Å²) >= 11 is 0. The van der Waals surface area contributed by atoms with E-state index in [0.717, 1.165) is 25.7 Å². The smallest absolute Gasteiger partial charge is 0.469 e. The van der Waals surface area contributed by atoms with Crippen LogP contribution < -0.4 is 0 Å². The normalized spacial score (nSPS) is 11.8. The number of hydrogen-bond donors (Lipinski definition) is 3. The zero-order valence-corrected chi connectivity index (χ0v) is 17.8. The van der Waals surface area contributed by atoms with Gasteiger partial charge in [-0.05, 0) is 12.8 Å². The summed E-state index contributed by atoms with van der Waals surface area (Å²) in [5.41, 5.74) is 0. The Labute approximate surface area is 165 Å². The number of phosphoric acid groups is 1. The van der Waals surface area contributed by atoms with Gasteiger partial charge in [0, 0.05) is 6.42 Å². The summed E-state index contributed by atoms with van der Waals surface area (Å²) < 4.78 is 14.9. The average Bonchev–Trinajstić information content (AvgIpc) is 2.58. The second kappa shape index (κ2) is 18.9. The monoisotopic (exact) mass is 408 g/mol. The Morgan fingerprint density at radius 3 is 1.19 bits per heavy atom. The summed E-state index contributed by atoms with van der Waals surface area (Å²) in [5.74, 6) is -0.679. The summed E-state index contributed by atoms with van der Waals surface area (Å²) in [4.78, 5) is 27.5. The Balaban J connectivity index is 3.05. The van der Waals surface area contributed by atoms with Crippen LogP contribution in [0.25, 0.3) is 0 Å². The van der Waals surface area contributed by atoms with Crippen LogP contribution in [0.2, 0.25) is 0 Å². The Hall–Kier alpha value is -0.420. The summed E-state index contributed by atoms with van der Waals surface area (Å²) in [6, 6.07) is 0. The molecule has 0 saturated carbocycles. The highest BCUT2D eigenvalue weighted by atomic mass is 31.2. The Bertz CT molecular complexity index is 383. The molecule has 0 fully saturated rings. The van der Waals surface area contributed by atoms with Crippen molar-refractivity contribution in [3.05, 3.63) is 0 Å². The Morgan fingerprint density at radius 1 is 0.593 bits per heavy atom. The van der Waals surface area contributed by atoms with Gasteiger partial charge in [0.1, 0.15) is 0 Å². The number of carboxylic acid groups (broad SMARTS) is 1. The molecule has 3 N–H and O–H groups in total. The molecule has 0 aliphatic carbocycles. The minimum atomic E-state index is -4.28. The van der Waals surface area contributed by atoms with Crippen molar-refractivity contribution in [2.75, 3.05) is 6.61 Å². The number of aliphatic carboxylic acids is 1. The zero-order chi connectivity index (χ0) is 20.2. The van der Waals surface area contributed by atoms with Gasteiger partial charge in [-0.25, -0.2) is 4.57 Å². The second-order valence-corrected chi connectivity index (χ2v) is 8.72. The first kappa shape index (κ1) is 26.6. The van der Waals surface area contributed by atoms with Crippen LogP contribution in [0, 0.1) is 0 Å². The first-order valence-corrected chi connectivity index (χ1v) is 12.4. The van der Waals surface area contributed by atoms with Crippen molar-refractivity contribution in [2.45, 2.75) is 116 Å². The fourth-order valence-corrected chi connectivity index (χ4v) is 3.58. The van der Waals surface area contributed by atoms with Crippen molar-refractivity contribution in [3.63, 3.8) is 0 Å². The number of rotatable bonds is 21. The highest BCUT2D eigenvalue weighted by molar-refractivity contribution is 7.46. The molecule has 0 amide bonds. The lowest BCUT2D eigenvalue weighted by Gasteiger charge is -2.05. The highest BCUT2D eigenvalue weighted by Gasteiger charge is 2.12. The number of phosphoric ester groups is 1. The molecule has 0 aromatic heterocycles. The van der Waals surface area contributed by atoms with E-state index in [1.165, 1.54) is 77.0 Å². The standard InChI is InChI=1S/C20H41O6P/c21-20(22)18-16-14-12-10-8-6-4-2-1-3-5-7-9-11-13-15-17-19-26-27(23,24)25/h1-19H2,(H,21,22)(H2,23,24,25). The summed E-state index contributed by atoms with van der Waals surface area (Å²) in [6.07, 6.45) is 20.3. The van der Waals surface area contributed by atoms with Crippen molar-refractivity contribution >= 4 is 13.8 Å². The molecule has 0 aromatic rings. The Morgan fingerprint density at radius 2 is 0.889 bits per heavy atom. The van der Waals surface area contributed by atoms with Gasteiger partial charge in [-0.3, -0.25) is 9.32 Å². The maximum Gasteiger partial charge on any atom is 0.469 e. The molecule has 0 unspecified atom stereocenters. The molecule has 0 radical (unpaired) electrons. The van der Waals surface area contributed by atoms with Gasteiger partial charge in [0.25, 0.3) is 0 Å². The number of carbonyl (C=O) groups is 1. The molecular formula is C20H41O6P. The maximum atomic E-state index is 10.5. The van der Waals surface area contributed by atoms with Gasteiger partial charge in [0.05, 0.1) is 6.61 Å². The lowest BCUT2D eigenvalue weighted by atomic mass is 10.0. The average molecular weight is 409 g/mol. The van der Waals surface area contributed by atoms with E-state index in [4.69, 9.17) is 14.9 Å². The van der Waals surface area contributed by atoms with E-state index in [9.17, 15) is 9.36 Å². The zero-order valence-electron chi connectivity index (χ0n) is 16.9. The van der Waals surface area contributed by atoms with Crippen LogP contribution in [0.1, 0.15) is 116 Å². The van der Waals surface area contributed by atoms with Gasteiger partial charge >= 0.3 is 13.8 Å². The SMILES string of the molecule is O=C(O)CCCCCCCCCCCCCCCCCCCOP(=O)(O)O. The van der Waals surface area contributed by atoms with Crippen molar-refractivity contribution in [3.8, 4) is 0 Å². The molecule has 0 saturated heterocycles. The first-order valence-electron chi connectivity index (χ1n) is 10.8. The predicted molar refractivity (Wildman–Crippen MR) is 109 cm³/mol. The first-order chi connectivity index (χ1) is 12.9. The lowest BCUT2D eigenvalue weighted by molar-refractivity contribution is -0.137. The molecule has 0 aliphatic rings. The molecule has 162 valence electrons. The van der Waals surface area contributed by atoms with Crippen LogP contribution in [0.4, 0.5) is 0 Å². The van der Waals surface area contributed by atoms with Gasteiger partial charge in [0.15, 0.2) is 0 Å². The molecular weight excluding hydrogens is 367 g/mol. The maximum absolute atomic E-state index is 10.5. The van der Waals surface area contributed by atoms with E-state index in [0.29, 0.717) is 12.8 Å². The second-order valence-electron chi connectivity index (χ2n) is 7.48. The van der Waals surface area contributed by atoms with Crippen molar-refractivity contribution in [1.29, 1.82) is 0 Å². The van der Waals surface area contributed by atoms with E-state index in [1.54, 1.807) is 0 Å². The summed E-state index contributed by atoms with van der Waals surface area (Å²) in [6.45, 7) is 0.148. The number of unbranched alkanes of at least 4 members (excludes halogenated alkanes) is 16. The predicted octanol–water partition coefficient (Wildman–Crippen LogP) is 6.20. The van der Waals surface area contributed by atoms with Crippen molar-refractivity contribution < 1.29 is 28.8 Å². The molecule has 7 heteroatoms. The third-order valence-electron chi connectivity index (χ3n) is 4.79. The van der Waals surface area contributed by atoms with E-state index in [1.807, 2.05) is 0 Å². The van der Waals surface area contributed by atoms with Gasteiger partial charge in [-0.15, -0.1) is 0 Å². The minimum Gasteiger partial charge on any atom is -0.481 e. The third-order valence-corrected chi connectivity index (χ3v) is 5.31. The topological polar surface area (TPSA) is 104 Å². The quantitative estimate of drug-likeness (QED) is 0.154. The molecule has 0 aliphatic heterocycles. The van der Waals surface area contributed by atoms with Crippen molar-refractivity contribution in [1.82, 2.24) is 0 Å². The molecule has 0 heterocycles. The van der Waals surface area contributed by atoms with Crippen LogP contribution in [0.15, 0.2) is 0 Å². The van der Waals surface area contributed by atoms with Crippen molar-refractivity contribution in [2.24, 2.45) is 0 Å². The number of hydrogen-bond acceptors (Lipinski definition) is 3. The van der Waals surface area contributed by atoms with E-state index in [-0.39, 0.29) is 6.61 Å². The summed E-state index contributed by atoms with van der Waals surface area (Å²) in [5, 5.41) is 8.55.